The average Bonchev–Trinajstić information content (AvgIpc) is 2.59. The summed E-state index contributed by atoms with van der Waals surface area (Å²) in [4.78, 5) is 22.3. The fourth-order valence-corrected chi connectivity index (χ4v) is 1.19. The molecule has 0 fully saturated rings. The molecule has 0 aliphatic rings. The molecule has 7 heteroatoms. The van der Waals surface area contributed by atoms with Crippen molar-refractivity contribution in [1.82, 2.24) is 15.5 Å². The van der Waals surface area contributed by atoms with E-state index in [0.717, 1.165) is 0 Å². The third kappa shape index (κ3) is 2.57. The zero-order valence-electron chi connectivity index (χ0n) is 8.89. The Morgan fingerprint density at radius 1 is 1.56 bits per heavy atom. The Balaban J connectivity index is 2.77. The molecular weight excluding hydrogens is 214 g/mol. The van der Waals surface area contributed by atoms with Crippen molar-refractivity contribution in [3.63, 3.8) is 0 Å². The molecule has 0 aromatic carbocycles. The third-order valence-electron chi connectivity index (χ3n) is 2.11. The Labute approximate surface area is 91.5 Å². The molecule has 1 aromatic heterocycles. The number of aliphatic hydroxyl groups excluding tert-OH is 1. The van der Waals surface area contributed by atoms with Crippen LogP contribution in [0, 0.1) is 6.92 Å². The number of carboxylic acid groups (broad SMARTS) is 1. The second-order valence-corrected chi connectivity index (χ2v) is 3.44. The Morgan fingerprint density at radius 3 is 2.56 bits per heavy atom. The lowest BCUT2D eigenvalue weighted by Crippen LogP contribution is -2.47. The van der Waals surface area contributed by atoms with Gasteiger partial charge in [0.05, 0.1) is 17.9 Å². The number of H-pyrrole nitrogens is 1. The summed E-state index contributed by atoms with van der Waals surface area (Å²) in [7, 11) is 0. The molecule has 4 N–H and O–H groups in total. The van der Waals surface area contributed by atoms with Crippen LogP contribution in [-0.2, 0) is 4.79 Å². The van der Waals surface area contributed by atoms with Gasteiger partial charge >= 0.3 is 5.97 Å². The number of rotatable bonds is 4. The molecule has 0 radical (unpaired) electrons. The summed E-state index contributed by atoms with van der Waals surface area (Å²) in [6.45, 7) is 2.93. The predicted molar refractivity (Wildman–Crippen MR) is 53.9 cm³/mol. The summed E-state index contributed by atoms with van der Waals surface area (Å²) in [5, 5.41) is 26.4. The molecule has 1 heterocycles. The minimum atomic E-state index is -1.33. The smallest absolute Gasteiger partial charge is 0.328 e. The van der Waals surface area contributed by atoms with Crippen molar-refractivity contribution >= 4 is 11.9 Å². The van der Waals surface area contributed by atoms with Crippen molar-refractivity contribution in [3.05, 3.63) is 17.5 Å². The normalized spacial score (nSPS) is 14.2. The van der Waals surface area contributed by atoms with Gasteiger partial charge in [0.1, 0.15) is 0 Å². The number of aliphatic hydroxyl groups is 1. The molecule has 0 aliphatic heterocycles. The van der Waals surface area contributed by atoms with Gasteiger partial charge in [0.25, 0.3) is 5.91 Å². The number of nitrogens with one attached hydrogen (secondary N) is 2. The first-order valence-electron chi connectivity index (χ1n) is 4.65. The Morgan fingerprint density at radius 2 is 2.19 bits per heavy atom. The fraction of sp³-hybridized carbons (Fsp3) is 0.444. The summed E-state index contributed by atoms with van der Waals surface area (Å²) in [6.07, 6.45) is 0.125. The van der Waals surface area contributed by atoms with Gasteiger partial charge in [-0.15, -0.1) is 0 Å². The molecule has 16 heavy (non-hydrogen) atoms. The van der Waals surface area contributed by atoms with Crippen LogP contribution in [0.2, 0.25) is 0 Å². The van der Waals surface area contributed by atoms with Gasteiger partial charge in [-0.2, -0.15) is 5.10 Å². The quantitative estimate of drug-likeness (QED) is 0.542. The topological polar surface area (TPSA) is 115 Å². The molecule has 0 saturated heterocycles. The Hall–Kier alpha value is -1.89. The molecule has 88 valence electrons. The molecular formula is C9H13N3O4. The highest BCUT2D eigenvalue weighted by atomic mass is 16.4. The molecule has 7 nitrogen and oxygen atoms in total. The van der Waals surface area contributed by atoms with Crippen LogP contribution in [-0.4, -0.2) is 44.4 Å². The maximum absolute atomic E-state index is 11.6. The van der Waals surface area contributed by atoms with E-state index in [0.29, 0.717) is 5.69 Å². The van der Waals surface area contributed by atoms with Crippen LogP contribution in [0.25, 0.3) is 0 Å². The van der Waals surface area contributed by atoms with Crippen molar-refractivity contribution in [2.24, 2.45) is 0 Å². The van der Waals surface area contributed by atoms with Gasteiger partial charge in [0.2, 0.25) is 0 Å². The zero-order chi connectivity index (χ0) is 12.3. The van der Waals surface area contributed by atoms with E-state index < -0.39 is 24.0 Å². The number of nitrogens with zero attached hydrogens (tertiary/aromatic N) is 1. The van der Waals surface area contributed by atoms with Crippen molar-refractivity contribution < 1.29 is 19.8 Å². The number of hydrogen-bond acceptors (Lipinski definition) is 4. The lowest BCUT2D eigenvalue weighted by atomic mass is 10.1. The van der Waals surface area contributed by atoms with Crippen molar-refractivity contribution in [2.75, 3.05) is 0 Å². The molecule has 0 spiro atoms. The van der Waals surface area contributed by atoms with E-state index in [2.05, 4.69) is 15.5 Å². The maximum Gasteiger partial charge on any atom is 0.328 e. The number of carboxylic acids is 1. The Kier molecular flexibility index (Phi) is 3.62. The zero-order valence-corrected chi connectivity index (χ0v) is 8.89. The second-order valence-electron chi connectivity index (χ2n) is 3.44. The lowest BCUT2D eigenvalue weighted by molar-refractivity contribution is -0.141. The summed E-state index contributed by atoms with van der Waals surface area (Å²) in [5.41, 5.74) is 0.791. The number of hydrogen-bond donors (Lipinski definition) is 4. The number of amides is 1. The monoisotopic (exact) mass is 227 g/mol. The molecule has 2 atom stereocenters. The molecule has 1 rings (SSSR count). The summed E-state index contributed by atoms with van der Waals surface area (Å²) >= 11 is 0. The van der Waals surface area contributed by atoms with Crippen molar-refractivity contribution in [3.8, 4) is 0 Å². The van der Waals surface area contributed by atoms with E-state index in [1.54, 1.807) is 6.92 Å². The van der Waals surface area contributed by atoms with E-state index in [1.165, 1.54) is 13.1 Å². The number of aromatic amines is 1. The first-order valence-corrected chi connectivity index (χ1v) is 4.65. The second kappa shape index (κ2) is 4.75. The van der Waals surface area contributed by atoms with Gasteiger partial charge in [-0.1, -0.05) is 0 Å². The van der Waals surface area contributed by atoms with E-state index in [1.807, 2.05) is 0 Å². The van der Waals surface area contributed by atoms with E-state index in [4.69, 9.17) is 5.11 Å². The van der Waals surface area contributed by atoms with E-state index in [-0.39, 0.29) is 5.56 Å². The minimum Gasteiger partial charge on any atom is -0.480 e. The highest BCUT2D eigenvalue weighted by Crippen LogP contribution is 2.03. The predicted octanol–water partition coefficient (Wildman–Crippen LogP) is -0.718. The van der Waals surface area contributed by atoms with Crippen LogP contribution < -0.4 is 5.32 Å². The highest BCUT2D eigenvalue weighted by molar-refractivity contribution is 5.97. The van der Waals surface area contributed by atoms with Gasteiger partial charge < -0.3 is 15.5 Å². The van der Waals surface area contributed by atoms with Crippen molar-refractivity contribution in [1.29, 1.82) is 0 Å². The lowest BCUT2D eigenvalue weighted by Gasteiger charge is -2.16. The van der Waals surface area contributed by atoms with Gasteiger partial charge in [-0.3, -0.25) is 9.89 Å². The average molecular weight is 227 g/mol. The van der Waals surface area contributed by atoms with Crippen LogP contribution in [0.15, 0.2) is 6.20 Å². The molecule has 0 aliphatic carbocycles. The summed E-state index contributed by atoms with van der Waals surface area (Å²) < 4.78 is 0. The standard InChI is InChI=1S/C9H13N3O4/c1-4-6(3-10-12-4)8(14)11-7(5(2)13)9(15)16/h3,5,7,13H,1-2H3,(H,10,12)(H,11,14)(H,15,16). The minimum absolute atomic E-state index is 0.256. The highest BCUT2D eigenvalue weighted by Gasteiger charge is 2.26. The van der Waals surface area contributed by atoms with Crippen molar-refractivity contribution in [2.45, 2.75) is 26.0 Å². The third-order valence-corrected chi connectivity index (χ3v) is 2.11. The van der Waals surface area contributed by atoms with Crippen LogP contribution in [0.4, 0.5) is 0 Å². The maximum atomic E-state index is 11.6. The number of carbonyl (C=O) groups excluding carboxylic acids is 1. The summed E-state index contributed by atoms with van der Waals surface area (Å²) in [5.74, 6) is -1.87. The number of aromatic nitrogens is 2. The van der Waals surface area contributed by atoms with Crippen LogP contribution in [0.5, 0.6) is 0 Å². The number of carbonyl (C=O) groups is 2. The van der Waals surface area contributed by atoms with E-state index >= 15 is 0 Å². The summed E-state index contributed by atoms with van der Waals surface area (Å²) in [6, 6.07) is -1.33. The van der Waals surface area contributed by atoms with Crippen LogP contribution >= 0.6 is 0 Å². The molecule has 1 aromatic rings. The number of aliphatic carboxylic acids is 1. The van der Waals surface area contributed by atoms with Gasteiger partial charge in [-0.25, -0.2) is 4.79 Å². The number of aryl methyl sites for hydroxylation is 1. The fourth-order valence-electron chi connectivity index (χ4n) is 1.19. The van der Waals surface area contributed by atoms with Crippen LogP contribution in [0.3, 0.4) is 0 Å². The van der Waals surface area contributed by atoms with Gasteiger partial charge in [-0.05, 0) is 13.8 Å². The molecule has 1 amide bonds. The molecule has 0 bridgehead atoms. The first-order chi connectivity index (χ1) is 7.43. The largest absolute Gasteiger partial charge is 0.480 e. The Bertz CT molecular complexity index is 399. The van der Waals surface area contributed by atoms with Gasteiger partial charge in [0.15, 0.2) is 6.04 Å². The van der Waals surface area contributed by atoms with Crippen LogP contribution in [0.1, 0.15) is 23.0 Å². The molecule has 0 saturated carbocycles. The van der Waals surface area contributed by atoms with Gasteiger partial charge in [0, 0.05) is 5.69 Å². The SMILES string of the molecule is Cc1[nH]ncc1C(=O)NC(C(=O)O)C(C)O. The molecule has 2 unspecified atom stereocenters. The first kappa shape index (κ1) is 12.2. The van der Waals surface area contributed by atoms with E-state index in [9.17, 15) is 14.7 Å².